The summed E-state index contributed by atoms with van der Waals surface area (Å²) in [6, 6.07) is 7.45. The second-order valence-corrected chi connectivity index (χ2v) is 4.55. The number of hydrogen-bond acceptors (Lipinski definition) is 2. The summed E-state index contributed by atoms with van der Waals surface area (Å²) in [5.41, 5.74) is 0.586. The van der Waals surface area contributed by atoms with Crippen molar-refractivity contribution in [2.45, 2.75) is 25.8 Å². The lowest BCUT2D eigenvalue weighted by molar-refractivity contribution is 0.0932. The van der Waals surface area contributed by atoms with Gasteiger partial charge in [0.1, 0.15) is 5.75 Å². The van der Waals surface area contributed by atoms with Crippen LogP contribution < -0.4 is 10.1 Å². The lowest BCUT2D eigenvalue weighted by atomic mass is 10.1. The average molecular weight is 300 g/mol. The third kappa shape index (κ3) is 4.04. The quantitative estimate of drug-likeness (QED) is 0.820. The molecule has 1 amide bonds. The number of hydrogen-bond donors (Lipinski definition) is 1. The first-order chi connectivity index (χ1) is 8.22. The minimum Gasteiger partial charge on any atom is -0.496 e. The summed E-state index contributed by atoms with van der Waals surface area (Å²) in [7, 11) is 1.57. The molecule has 1 rings (SSSR count). The molecule has 0 saturated carbocycles. The predicted molar refractivity (Wildman–Crippen MR) is 73.0 cm³/mol. The minimum atomic E-state index is -0.0738. The van der Waals surface area contributed by atoms with Crippen LogP contribution in [0.15, 0.2) is 24.3 Å². The van der Waals surface area contributed by atoms with Crippen LogP contribution in [0.3, 0.4) is 0 Å². The van der Waals surface area contributed by atoms with Gasteiger partial charge in [-0.1, -0.05) is 35.0 Å². The standard InChI is InChI=1S/C13H18BrNO2/c1-3-10(8-9-14)15-13(16)11-6-4-5-7-12(11)17-2/h4-7,10H,3,8-9H2,1-2H3,(H,15,16). The Labute approximate surface area is 111 Å². The highest BCUT2D eigenvalue weighted by atomic mass is 79.9. The van der Waals surface area contributed by atoms with Crippen LogP contribution in [0.25, 0.3) is 0 Å². The molecule has 0 bridgehead atoms. The molecule has 0 aliphatic carbocycles. The van der Waals surface area contributed by atoms with E-state index in [0.29, 0.717) is 11.3 Å². The summed E-state index contributed by atoms with van der Waals surface area (Å²) in [6.45, 7) is 2.07. The number of halogens is 1. The molecule has 17 heavy (non-hydrogen) atoms. The molecule has 4 heteroatoms. The summed E-state index contributed by atoms with van der Waals surface area (Å²) in [5.74, 6) is 0.536. The Balaban J connectivity index is 2.75. The Kier molecular flexibility index (Phi) is 6.05. The van der Waals surface area contributed by atoms with E-state index in [2.05, 4.69) is 28.2 Å². The van der Waals surface area contributed by atoms with Crippen molar-refractivity contribution in [1.82, 2.24) is 5.32 Å². The molecule has 94 valence electrons. The van der Waals surface area contributed by atoms with E-state index in [1.54, 1.807) is 19.2 Å². The zero-order chi connectivity index (χ0) is 12.7. The molecule has 1 atom stereocenters. The maximum atomic E-state index is 12.1. The molecule has 0 aliphatic rings. The van der Waals surface area contributed by atoms with Crippen LogP contribution in [0.5, 0.6) is 5.75 Å². The normalized spacial score (nSPS) is 11.9. The van der Waals surface area contributed by atoms with Gasteiger partial charge in [0.05, 0.1) is 12.7 Å². The van der Waals surface area contributed by atoms with Gasteiger partial charge < -0.3 is 10.1 Å². The summed E-state index contributed by atoms with van der Waals surface area (Å²) in [4.78, 5) is 12.1. The number of rotatable bonds is 6. The third-order valence-electron chi connectivity index (χ3n) is 2.64. The van der Waals surface area contributed by atoms with Crippen LogP contribution >= 0.6 is 15.9 Å². The predicted octanol–water partition coefficient (Wildman–Crippen LogP) is 2.99. The number of ether oxygens (including phenoxy) is 1. The van der Waals surface area contributed by atoms with Gasteiger partial charge in [0, 0.05) is 11.4 Å². The second-order valence-electron chi connectivity index (χ2n) is 3.76. The van der Waals surface area contributed by atoms with Gasteiger partial charge in [0.15, 0.2) is 0 Å². The number of methoxy groups -OCH3 is 1. The van der Waals surface area contributed by atoms with Gasteiger partial charge >= 0.3 is 0 Å². The van der Waals surface area contributed by atoms with Crippen LogP contribution in [-0.2, 0) is 0 Å². The highest BCUT2D eigenvalue weighted by Gasteiger charge is 2.14. The van der Waals surface area contributed by atoms with E-state index in [-0.39, 0.29) is 11.9 Å². The molecule has 0 radical (unpaired) electrons. The zero-order valence-corrected chi connectivity index (χ0v) is 11.8. The summed E-state index contributed by atoms with van der Waals surface area (Å²) in [5, 5.41) is 3.90. The van der Waals surface area contributed by atoms with Gasteiger partial charge in [-0.25, -0.2) is 0 Å². The first-order valence-corrected chi connectivity index (χ1v) is 6.84. The van der Waals surface area contributed by atoms with Crippen LogP contribution in [0, 0.1) is 0 Å². The number of benzene rings is 1. The molecule has 0 heterocycles. The largest absolute Gasteiger partial charge is 0.496 e. The van der Waals surface area contributed by atoms with E-state index < -0.39 is 0 Å². The van der Waals surface area contributed by atoms with Crippen LogP contribution in [0.1, 0.15) is 30.1 Å². The summed E-state index contributed by atoms with van der Waals surface area (Å²) in [6.07, 6.45) is 1.85. The van der Waals surface area contributed by atoms with Gasteiger partial charge in [0.2, 0.25) is 0 Å². The SMILES string of the molecule is CCC(CCBr)NC(=O)c1ccccc1OC. The fraction of sp³-hybridized carbons (Fsp3) is 0.462. The molecule has 0 aliphatic heterocycles. The van der Waals surface area contributed by atoms with E-state index in [4.69, 9.17) is 4.74 Å². The van der Waals surface area contributed by atoms with Gasteiger partial charge in [-0.05, 0) is 25.0 Å². The Hall–Kier alpha value is -1.03. The molecular weight excluding hydrogens is 282 g/mol. The number of carbonyl (C=O) groups is 1. The fourth-order valence-corrected chi connectivity index (χ4v) is 2.16. The molecule has 1 aromatic carbocycles. The number of amides is 1. The van der Waals surface area contributed by atoms with Crippen molar-refractivity contribution < 1.29 is 9.53 Å². The van der Waals surface area contributed by atoms with E-state index in [1.165, 1.54) is 0 Å². The van der Waals surface area contributed by atoms with Gasteiger partial charge in [0.25, 0.3) is 5.91 Å². The number of nitrogens with one attached hydrogen (secondary N) is 1. The molecule has 0 fully saturated rings. The van der Waals surface area contributed by atoms with Crippen molar-refractivity contribution in [3.63, 3.8) is 0 Å². The van der Waals surface area contributed by atoms with Crippen molar-refractivity contribution in [2.24, 2.45) is 0 Å². The summed E-state index contributed by atoms with van der Waals surface area (Å²) >= 11 is 3.39. The molecule has 0 aromatic heterocycles. The van der Waals surface area contributed by atoms with Crippen molar-refractivity contribution in [3.8, 4) is 5.75 Å². The van der Waals surface area contributed by atoms with E-state index in [9.17, 15) is 4.79 Å². The molecule has 0 saturated heterocycles. The Morgan fingerprint density at radius 1 is 1.47 bits per heavy atom. The first-order valence-electron chi connectivity index (χ1n) is 5.72. The maximum Gasteiger partial charge on any atom is 0.255 e. The van der Waals surface area contributed by atoms with E-state index in [0.717, 1.165) is 18.2 Å². The van der Waals surface area contributed by atoms with Gasteiger partial charge in [-0.3, -0.25) is 4.79 Å². The average Bonchev–Trinajstić information content (AvgIpc) is 2.38. The molecule has 3 nitrogen and oxygen atoms in total. The Bertz CT molecular complexity index is 368. The smallest absolute Gasteiger partial charge is 0.255 e. The van der Waals surface area contributed by atoms with Crippen LogP contribution in [-0.4, -0.2) is 24.4 Å². The first kappa shape index (κ1) is 14.0. The lowest BCUT2D eigenvalue weighted by Crippen LogP contribution is -2.34. The molecule has 1 unspecified atom stereocenters. The lowest BCUT2D eigenvalue weighted by Gasteiger charge is -2.16. The molecule has 1 N–H and O–H groups in total. The number of para-hydroxylation sites is 1. The zero-order valence-electron chi connectivity index (χ0n) is 10.2. The molecule has 1 aromatic rings. The van der Waals surface area contributed by atoms with Gasteiger partial charge in [-0.2, -0.15) is 0 Å². The minimum absolute atomic E-state index is 0.0738. The number of alkyl halides is 1. The summed E-state index contributed by atoms with van der Waals surface area (Å²) < 4.78 is 5.17. The topological polar surface area (TPSA) is 38.3 Å². The van der Waals surface area contributed by atoms with Crippen LogP contribution in [0.4, 0.5) is 0 Å². The number of carbonyl (C=O) groups excluding carboxylic acids is 1. The fourth-order valence-electron chi connectivity index (χ4n) is 1.61. The molecule has 0 spiro atoms. The van der Waals surface area contributed by atoms with Gasteiger partial charge in [-0.15, -0.1) is 0 Å². The molecular formula is C13H18BrNO2. The van der Waals surface area contributed by atoms with Crippen molar-refractivity contribution >= 4 is 21.8 Å². The highest BCUT2D eigenvalue weighted by Crippen LogP contribution is 2.17. The third-order valence-corrected chi connectivity index (χ3v) is 3.10. The second kappa shape index (κ2) is 7.33. The maximum absolute atomic E-state index is 12.1. The van der Waals surface area contributed by atoms with Crippen molar-refractivity contribution in [3.05, 3.63) is 29.8 Å². The monoisotopic (exact) mass is 299 g/mol. The van der Waals surface area contributed by atoms with Crippen molar-refractivity contribution in [2.75, 3.05) is 12.4 Å². The Morgan fingerprint density at radius 3 is 2.76 bits per heavy atom. The van der Waals surface area contributed by atoms with Crippen LogP contribution in [0.2, 0.25) is 0 Å². The Morgan fingerprint density at radius 2 is 2.18 bits per heavy atom. The van der Waals surface area contributed by atoms with E-state index >= 15 is 0 Å². The van der Waals surface area contributed by atoms with Crippen molar-refractivity contribution in [1.29, 1.82) is 0 Å². The van der Waals surface area contributed by atoms with E-state index in [1.807, 2.05) is 12.1 Å². The highest BCUT2D eigenvalue weighted by molar-refractivity contribution is 9.09.